The first-order chi connectivity index (χ1) is 14.0. The number of pyridine rings is 1. The molecule has 0 aliphatic carbocycles. The Bertz CT molecular complexity index is 1140. The Morgan fingerprint density at radius 1 is 1.21 bits per heavy atom. The average Bonchev–Trinajstić information content (AvgIpc) is 3.23. The van der Waals surface area contributed by atoms with Gasteiger partial charge < -0.3 is 24.2 Å². The molecule has 0 saturated carbocycles. The molecule has 0 radical (unpaired) electrons. The molecule has 3 heterocycles. The van der Waals surface area contributed by atoms with Crippen LogP contribution in [-0.4, -0.2) is 17.6 Å². The van der Waals surface area contributed by atoms with E-state index in [0.29, 0.717) is 22.8 Å². The van der Waals surface area contributed by atoms with Crippen LogP contribution in [0.1, 0.15) is 28.5 Å². The van der Waals surface area contributed by atoms with Gasteiger partial charge in [-0.2, -0.15) is 0 Å². The summed E-state index contributed by atoms with van der Waals surface area (Å²) in [5, 5.41) is 0. The summed E-state index contributed by atoms with van der Waals surface area (Å²) < 4.78 is 17.6. The van der Waals surface area contributed by atoms with Gasteiger partial charge in [0.1, 0.15) is 17.1 Å². The molecule has 7 heteroatoms. The fraction of sp³-hybridized carbons (Fsp3) is 0.182. The standard InChI is InChI=1S/C22H20N2O5/c1-13-11-16-18(21(25)24(13)12-15-9-6-10-28-15)17(14-7-4-3-5-8-14)19(20(23)29-16)22(26)27-2/h3-11,17H,12,23H2,1-2H3. The van der Waals surface area contributed by atoms with Gasteiger partial charge in [-0.15, -0.1) is 0 Å². The molecule has 1 unspecified atom stereocenters. The van der Waals surface area contributed by atoms with Gasteiger partial charge in [-0.25, -0.2) is 4.79 Å². The number of hydrogen-bond acceptors (Lipinski definition) is 6. The fourth-order valence-electron chi connectivity index (χ4n) is 3.63. The van der Waals surface area contributed by atoms with Crippen molar-refractivity contribution in [1.82, 2.24) is 4.57 Å². The summed E-state index contributed by atoms with van der Waals surface area (Å²) in [6.07, 6.45) is 1.56. The molecule has 0 fully saturated rings. The largest absolute Gasteiger partial charge is 0.467 e. The zero-order valence-corrected chi connectivity index (χ0v) is 16.0. The minimum absolute atomic E-state index is 0.0687. The lowest BCUT2D eigenvalue weighted by Gasteiger charge is -2.28. The summed E-state index contributed by atoms with van der Waals surface area (Å²) >= 11 is 0. The second-order valence-electron chi connectivity index (χ2n) is 6.75. The lowest BCUT2D eigenvalue weighted by atomic mass is 9.83. The summed E-state index contributed by atoms with van der Waals surface area (Å²) in [6, 6.07) is 14.5. The Morgan fingerprint density at radius 2 is 1.97 bits per heavy atom. The predicted octanol–water partition coefficient (Wildman–Crippen LogP) is 2.67. The van der Waals surface area contributed by atoms with Crippen LogP contribution in [-0.2, 0) is 16.1 Å². The van der Waals surface area contributed by atoms with Gasteiger partial charge in [-0.3, -0.25) is 4.79 Å². The van der Waals surface area contributed by atoms with Crippen molar-refractivity contribution < 1.29 is 18.7 Å². The third-order valence-corrected chi connectivity index (χ3v) is 5.00. The molecule has 1 aliphatic rings. The number of furan rings is 1. The van der Waals surface area contributed by atoms with E-state index in [1.807, 2.05) is 30.3 Å². The number of hydrogen-bond donors (Lipinski definition) is 1. The third-order valence-electron chi connectivity index (χ3n) is 5.00. The molecular formula is C22H20N2O5. The van der Waals surface area contributed by atoms with E-state index >= 15 is 0 Å². The predicted molar refractivity (Wildman–Crippen MR) is 105 cm³/mol. The monoisotopic (exact) mass is 392 g/mol. The van der Waals surface area contributed by atoms with E-state index < -0.39 is 11.9 Å². The van der Waals surface area contributed by atoms with Gasteiger partial charge in [-0.05, 0) is 24.6 Å². The third kappa shape index (κ3) is 3.20. The Hall–Kier alpha value is -3.74. The molecule has 1 aromatic carbocycles. The number of aromatic nitrogens is 1. The van der Waals surface area contributed by atoms with Gasteiger partial charge in [0.05, 0.1) is 31.4 Å². The van der Waals surface area contributed by atoms with Crippen molar-refractivity contribution in [3.8, 4) is 5.75 Å². The van der Waals surface area contributed by atoms with Crippen LogP contribution in [0.3, 0.4) is 0 Å². The molecule has 29 heavy (non-hydrogen) atoms. The summed E-state index contributed by atoms with van der Waals surface area (Å²) in [7, 11) is 1.27. The molecule has 0 saturated heterocycles. The van der Waals surface area contributed by atoms with Crippen molar-refractivity contribution in [2.75, 3.05) is 7.11 Å². The lowest BCUT2D eigenvalue weighted by Crippen LogP contribution is -2.35. The minimum atomic E-state index is -0.705. The zero-order chi connectivity index (χ0) is 20.5. The topological polar surface area (TPSA) is 96.7 Å². The summed E-state index contributed by atoms with van der Waals surface area (Å²) in [5.41, 5.74) is 7.67. The van der Waals surface area contributed by atoms with Crippen LogP contribution in [0.4, 0.5) is 0 Å². The molecule has 2 aromatic heterocycles. The fourth-order valence-corrected chi connectivity index (χ4v) is 3.63. The first-order valence-corrected chi connectivity index (χ1v) is 9.08. The van der Waals surface area contributed by atoms with Crippen LogP contribution in [0.25, 0.3) is 0 Å². The smallest absolute Gasteiger partial charge is 0.340 e. The van der Waals surface area contributed by atoms with Gasteiger partial charge in [0.25, 0.3) is 5.56 Å². The van der Waals surface area contributed by atoms with Gasteiger partial charge in [-0.1, -0.05) is 30.3 Å². The number of nitrogens with zero attached hydrogens (tertiary/aromatic N) is 1. The maximum absolute atomic E-state index is 13.5. The summed E-state index contributed by atoms with van der Waals surface area (Å²) in [6.45, 7) is 2.07. The van der Waals surface area contributed by atoms with E-state index in [1.54, 1.807) is 36.0 Å². The average molecular weight is 392 g/mol. The molecule has 1 atom stereocenters. The highest BCUT2D eigenvalue weighted by atomic mass is 16.5. The summed E-state index contributed by atoms with van der Waals surface area (Å²) in [4.78, 5) is 26.1. The molecule has 1 aliphatic heterocycles. The van der Waals surface area contributed by atoms with E-state index in [-0.39, 0.29) is 23.6 Å². The maximum atomic E-state index is 13.5. The van der Waals surface area contributed by atoms with Crippen LogP contribution in [0, 0.1) is 6.92 Å². The van der Waals surface area contributed by atoms with Crippen molar-refractivity contribution in [1.29, 1.82) is 0 Å². The number of carbonyl (C=O) groups is 1. The van der Waals surface area contributed by atoms with Gasteiger partial charge >= 0.3 is 5.97 Å². The lowest BCUT2D eigenvalue weighted by molar-refractivity contribution is -0.136. The molecule has 148 valence electrons. The highest BCUT2D eigenvalue weighted by Gasteiger charge is 2.38. The molecule has 3 aromatic rings. The highest BCUT2D eigenvalue weighted by Crippen LogP contribution is 2.41. The second kappa shape index (κ2) is 7.35. The van der Waals surface area contributed by atoms with Crippen LogP contribution in [0.2, 0.25) is 0 Å². The molecule has 0 spiro atoms. The first kappa shape index (κ1) is 18.6. The number of nitrogens with two attached hydrogens (primary N) is 1. The number of fused-ring (bicyclic) bond motifs is 1. The van der Waals surface area contributed by atoms with Crippen LogP contribution < -0.4 is 16.0 Å². The normalized spacial score (nSPS) is 15.6. The molecule has 4 rings (SSSR count). The highest BCUT2D eigenvalue weighted by molar-refractivity contribution is 5.92. The quantitative estimate of drug-likeness (QED) is 0.686. The van der Waals surface area contributed by atoms with E-state index in [0.717, 1.165) is 5.56 Å². The molecule has 7 nitrogen and oxygen atoms in total. The van der Waals surface area contributed by atoms with Crippen molar-refractivity contribution in [3.05, 3.63) is 99.2 Å². The van der Waals surface area contributed by atoms with Crippen LogP contribution in [0.15, 0.2) is 75.5 Å². The summed E-state index contributed by atoms with van der Waals surface area (Å²) in [5.74, 6) is -0.433. The minimum Gasteiger partial charge on any atom is -0.467 e. The Labute approximate surface area is 167 Å². The van der Waals surface area contributed by atoms with Crippen molar-refractivity contribution in [2.24, 2.45) is 5.73 Å². The van der Waals surface area contributed by atoms with Crippen molar-refractivity contribution in [3.63, 3.8) is 0 Å². The SMILES string of the molecule is COC(=O)C1=C(N)Oc2cc(C)n(Cc3ccco3)c(=O)c2C1c1ccccc1. The number of aryl methyl sites for hydroxylation is 1. The Morgan fingerprint density at radius 3 is 2.62 bits per heavy atom. The first-order valence-electron chi connectivity index (χ1n) is 9.08. The number of carbonyl (C=O) groups excluding carboxylic acids is 1. The van der Waals surface area contributed by atoms with E-state index in [2.05, 4.69) is 0 Å². The van der Waals surface area contributed by atoms with E-state index in [1.165, 1.54) is 7.11 Å². The van der Waals surface area contributed by atoms with Crippen LogP contribution >= 0.6 is 0 Å². The number of benzene rings is 1. The Kier molecular flexibility index (Phi) is 4.72. The van der Waals surface area contributed by atoms with E-state index in [4.69, 9.17) is 19.6 Å². The van der Waals surface area contributed by atoms with Gasteiger partial charge in [0.2, 0.25) is 5.88 Å². The van der Waals surface area contributed by atoms with Crippen molar-refractivity contribution in [2.45, 2.75) is 19.4 Å². The van der Waals surface area contributed by atoms with Crippen molar-refractivity contribution >= 4 is 5.97 Å². The number of ether oxygens (including phenoxy) is 2. The molecular weight excluding hydrogens is 372 g/mol. The number of methoxy groups -OCH3 is 1. The number of rotatable bonds is 4. The molecule has 0 amide bonds. The maximum Gasteiger partial charge on any atom is 0.340 e. The zero-order valence-electron chi connectivity index (χ0n) is 16.0. The second-order valence-corrected chi connectivity index (χ2v) is 6.75. The van der Waals surface area contributed by atoms with Gasteiger partial charge in [0, 0.05) is 11.8 Å². The Balaban J connectivity index is 1.95. The number of esters is 1. The van der Waals surface area contributed by atoms with E-state index in [9.17, 15) is 9.59 Å². The molecule has 0 bridgehead atoms. The molecule has 2 N–H and O–H groups in total. The van der Waals surface area contributed by atoms with Gasteiger partial charge in [0.15, 0.2) is 0 Å². The van der Waals surface area contributed by atoms with Crippen LogP contribution in [0.5, 0.6) is 5.75 Å².